The fourth-order valence-corrected chi connectivity index (χ4v) is 4.67. The van der Waals surface area contributed by atoms with Crippen LogP contribution in [0.1, 0.15) is 41.3 Å². The number of ketones is 1. The number of aryl methyl sites for hydroxylation is 1. The normalized spacial score (nSPS) is 11.3. The van der Waals surface area contributed by atoms with Gasteiger partial charge in [0.25, 0.3) is 5.56 Å². The highest BCUT2D eigenvalue weighted by Gasteiger charge is 2.21. The van der Waals surface area contributed by atoms with Gasteiger partial charge in [0, 0.05) is 12.1 Å². The maximum atomic E-state index is 13.8. The molecule has 5 rings (SSSR count). The van der Waals surface area contributed by atoms with Crippen LogP contribution in [0.25, 0.3) is 16.9 Å². The zero-order valence-electron chi connectivity index (χ0n) is 22.2. The molecule has 0 aliphatic rings. The lowest BCUT2D eigenvalue weighted by atomic mass is 10.0. The summed E-state index contributed by atoms with van der Waals surface area (Å²) in [6, 6.07) is 24.2. The minimum absolute atomic E-state index is 0.109. The molecule has 8 nitrogen and oxygen atoms in total. The molecule has 0 fully saturated rings. The van der Waals surface area contributed by atoms with Crippen molar-refractivity contribution in [1.29, 1.82) is 0 Å². The molecule has 39 heavy (non-hydrogen) atoms. The fraction of sp³-hybridized carbons (Fsp3) is 0.226. The van der Waals surface area contributed by atoms with Gasteiger partial charge in [0.2, 0.25) is 0 Å². The number of fused-ring (bicyclic) bond motifs is 1. The molecule has 2 aromatic heterocycles. The summed E-state index contributed by atoms with van der Waals surface area (Å²) in [5.41, 5.74) is 2.68. The minimum Gasteiger partial charge on any atom is -0.497 e. The standard InChI is InChI=1S/C31H30N4O4/c1-21(2)23-12-14-25(15-13-23)35-29-28(30(37)34(31(35)38)17-16-22-8-5-4-6-9-22)33(20-32-29)19-27(36)24-10-7-11-26(18-24)39-3/h4-15,18,20-21H,16-17,19H2,1-3H3. The molecule has 8 heteroatoms. The number of carbonyl (C=O) groups excluding carboxylic acids is 1. The summed E-state index contributed by atoms with van der Waals surface area (Å²) in [6.45, 7) is 4.28. The summed E-state index contributed by atoms with van der Waals surface area (Å²) >= 11 is 0. The summed E-state index contributed by atoms with van der Waals surface area (Å²) in [5.74, 6) is 0.693. The van der Waals surface area contributed by atoms with Gasteiger partial charge < -0.3 is 9.30 Å². The molecule has 0 bridgehead atoms. The van der Waals surface area contributed by atoms with Crippen LogP contribution in [0.4, 0.5) is 0 Å². The van der Waals surface area contributed by atoms with E-state index >= 15 is 0 Å². The Morgan fingerprint density at radius 1 is 0.949 bits per heavy atom. The summed E-state index contributed by atoms with van der Waals surface area (Å²) < 4.78 is 9.46. The molecule has 0 atom stereocenters. The summed E-state index contributed by atoms with van der Waals surface area (Å²) in [5, 5.41) is 0. The summed E-state index contributed by atoms with van der Waals surface area (Å²) in [7, 11) is 1.54. The van der Waals surface area contributed by atoms with Crippen molar-refractivity contribution in [3.05, 3.63) is 123 Å². The molecule has 0 amide bonds. The second-order valence-electron chi connectivity index (χ2n) is 9.76. The highest BCUT2D eigenvalue weighted by Crippen LogP contribution is 2.19. The van der Waals surface area contributed by atoms with Crippen LogP contribution in [-0.4, -0.2) is 31.6 Å². The number of nitrogens with zero attached hydrogens (tertiary/aromatic N) is 4. The predicted octanol–water partition coefficient (Wildman–Crippen LogP) is 4.61. The van der Waals surface area contributed by atoms with Crippen molar-refractivity contribution in [3.63, 3.8) is 0 Å². The van der Waals surface area contributed by atoms with Crippen molar-refractivity contribution in [2.45, 2.75) is 39.3 Å². The lowest BCUT2D eigenvalue weighted by Crippen LogP contribution is -2.40. The topological polar surface area (TPSA) is 88.1 Å². The molecular formula is C31H30N4O4. The van der Waals surface area contributed by atoms with Gasteiger partial charge in [-0.15, -0.1) is 0 Å². The first-order valence-electron chi connectivity index (χ1n) is 12.9. The number of hydrogen-bond acceptors (Lipinski definition) is 5. The Morgan fingerprint density at radius 2 is 1.69 bits per heavy atom. The van der Waals surface area contributed by atoms with Crippen LogP contribution >= 0.6 is 0 Å². The van der Waals surface area contributed by atoms with Crippen LogP contribution in [0, 0.1) is 0 Å². The lowest BCUT2D eigenvalue weighted by Gasteiger charge is -2.14. The highest BCUT2D eigenvalue weighted by molar-refractivity contribution is 5.96. The quantitative estimate of drug-likeness (QED) is 0.264. The largest absolute Gasteiger partial charge is 0.497 e. The molecule has 0 unspecified atom stereocenters. The zero-order chi connectivity index (χ0) is 27.5. The number of rotatable bonds is 9. The number of Topliss-reactive ketones (excluding diaryl/α,β-unsaturated/α-hetero) is 1. The van der Waals surface area contributed by atoms with E-state index in [9.17, 15) is 14.4 Å². The third kappa shape index (κ3) is 5.18. The van der Waals surface area contributed by atoms with E-state index in [1.54, 1.807) is 24.3 Å². The van der Waals surface area contributed by atoms with Gasteiger partial charge in [0.1, 0.15) is 5.75 Å². The number of imidazole rings is 1. The number of methoxy groups -OCH3 is 1. The van der Waals surface area contributed by atoms with E-state index < -0.39 is 11.2 Å². The minimum atomic E-state index is -0.475. The Hall–Kier alpha value is -4.72. The van der Waals surface area contributed by atoms with Crippen LogP contribution < -0.4 is 16.0 Å². The fourth-order valence-electron chi connectivity index (χ4n) is 4.67. The van der Waals surface area contributed by atoms with Gasteiger partial charge in [-0.3, -0.25) is 14.2 Å². The molecule has 0 radical (unpaired) electrons. The first-order valence-corrected chi connectivity index (χ1v) is 12.9. The van der Waals surface area contributed by atoms with Crippen LogP contribution in [0.2, 0.25) is 0 Å². The second-order valence-corrected chi connectivity index (χ2v) is 9.76. The van der Waals surface area contributed by atoms with Crippen molar-refractivity contribution in [1.82, 2.24) is 18.7 Å². The number of carbonyl (C=O) groups is 1. The molecule has 0 saturated carbocycles. The molecule has 3 aromatic carbocycles. The summed E-state index contributed by atoms with van der Waals surface area (Å²) in [4.78, 5) is 45.1. The van der Waals surface area contributed by atoms with Crippen molar-refractivity contribution in [3.8, 4) is 11.4 Å². The smallest absolute Gasteiger partial charge is 0.337 e. The lowest BCUT2D eigenvalue weighted by molar-refractivity contribution is 0.0973. The van der Waals surface area contributed by atoms with Crippen molar-refractivity contribution < 1.29 is 9.53 Å². The molecule has 5 aromatic rings. The summed E-state index contributed by atoms with van der Waals surface area (Å²) in [6.07, 6.45) is 1.95. The average molecular weight is 523 g/mol. The van der Waals surface area contributed by atoms with E-state index in [0.29, 0.717) is 29.3 Å². The Morgan fingerprint density at radius 3 is 2.38 bits per heavy atom. The first kappa shape index (κ1) is 25.9. The van der Waals surface area contributed by atoms with E-state index in [-0.39, 0.29) is 30.0 Å². The van der Waals surface area contributed by atoms with Gasteiger partial charge in [-0.1, -0.05) is 68.4 Å². The van der Waals surface area contributed by atoms with Crippen molar-refractivity contribution in [2.75, 3.05) is 7.11 Å². The van der Waals surface area contributed by atoms with E-state index in [0.717, 1.165) is 11.1 Å². The third-order valence-electron chi connectivity index (χ3n) is 6.89. The number of benzene rings is 3. The van der Waals surface area contributed by atoms with Crippen LogP contribution in [0.15, 0.2) is 94.8 Å². The molecule has 0 aliphatic carbocycles. The number of aromatic nitrogens is 4. The van der Waals surface area contributed by atoms with E-state index in [1.807, 2.05) is 54.6 Å². The molecule has 0 aliphatic heterocycles. The molecule has 0 spiro atoms. The van der Waals surface area contributed by atoms with E-state index in [4.69, 9.17) is 4.74 Å². The van der Waals surface area contributed by atoms with E-state index in [1.165, 1.54) is 27.1 Å². The Labute approximate surface area is 225 Å². The predicted molar refractivity (Wildman–Crippen MR) is 151 cm³/mol. The number of hydrogen-bond donors (Lipinski definition) is 0. The SMILES string of the molecule is COc1cccc(C(=O)Cn2cnc3c2c(=O)n(CCc2ccccc2)c(=O)n3-c2ccc(C(C)C)cc2)c1. The molecule has 198 valence electrons. The molecule has 0 N–H and O–H groups in total. The average Bonchev–Trinajstić information content (AvgIpc) is 3.37. The van der Waals surface area contributed by atoms with Gasteiger partial charge in [-0.05, 0) is 47.7 Å². The second kappa shape index (κ2) is 10.9. The van der Waals surface area contributed by atoms with Gasteiger partial charge in [0.15, 0.2) is 16.9 Å². The molecule has 0 saturated heterocycles. The van der Waals surface area contributed by atoms with Gasteiger partial charge in [-0.25, -0.2) is 14.3 Å². The molecular weight excluding hydrogens is 492 g/mol. The Kier molecular flexibility index (Phi) is 7.27. The zero-order valence-corrected chi connectivity index (χ0v) is 22.2. The van der Waals surface area contributed by atoms with Crippen LogP contribution in [-0.2, 0) is 19.5 Å². The first-order chi connectivity index (χ1) is 18.9. The maximum absolute atomic E-state index is 13.8. The van der Waals surface area contributed by atoms with Gasteiger partial charge in [0.05, 0.1) is 25.7 Å². The van der Waals surface area contributed by atoms with Gasteiger partial charge in [-0.2, -0.15) is 0 Å². The Balaban J connectivity index is 1.63. The molecule has 2 heterocycles. The van der Waals surface area contributed by atoms with Crippen molar-refractivity contribution >= 4 is 16.9 Å². The van der Waals surface area contributed by atoms with E-state index in [2.05, 4.69) is 18.8 Å². The van der Waals surface area contributed by atoms with Gasteiger partial charge >= 0.3 is 5.69 Å². The van der Waals surface area contributed by atoms with Crippen LogP contribution in [0.3, 0.4) is 0 Å². The highest BCUT2D eigenvalue weighted by atomic mass is 16.5. The van der Waals surface area contributed by atoms with Crippen molar-refractivity contribution in [2.24, 2.45) is 0 Å². The Bertz CT molecular complexity index is 1750. The third-order valence-corrected chi connectivity index (χ3v) is 6.89. The number of ether oxygens (including phenoxy) is 1. The maximum Gasteiger partial charge on any atom is 0.337 e. The monoisotopic (exact) mass is 522 g/mol. The van der Waals surface area contributed by atoms with Crippen LogP contribution in [0.5, 0.6) is 5.75 Å².